The van der Waals surface area contributed by atoms with Gasteiger partial charge in [-0.15, -0.1) is 0 Å². The summed E-state index contributed by atoms with van der Waals surface area (Å²) in [5.41, 5.74) is 0.909. The van der Waals surface area contributed by atoms with Crippen LogP contribution in [-0.4, -0.2) is 19.6 Å². The van der Waals surface area contributed by atoms with Gasteiger partial charge in [0.25, 0.3) is 5.91 Å². The molecule has 0 spiro atoms. The Balaban J connectivity index is 1.75. The zero-order valence-corrected chi connectivity index (χ0v) is 14.6. The number of hydrogen-bond acceptors (Lipinski definition) is 3. The van der Waals surface area contributed by atoms with E-state index < -0.39 is 9.84 Å². The summed E-state index contributed by atoms with van der Waals surface area (Å²) in [7, 11) is -3.28. The van der Waals surface area contributed by atoms with Crippen LogP contribution < -0.4 is 5.32 Å². The van der Waals surface area contributed by atoms with Gasteiger partial charge in [0.2, 0.25) is 0 Å². The second-order valence-electron chi connectivity index (χ2n) is 5.91. The van der Waals surface area contributed by atoms with E-state index in [1.807, 2.05) is 0 Å². The van der Waals surface area contributed by atoms with Crippen LogP contribution in [0.3, 0.4) is 0 Å². The molecule has 3 rings (SSSR count). The molecule has 0 heterocycles. The zero-order chi connectivity index (χ0) is 17.2. The van der Waals surface area contributed by atoms with Crippen LogP contribution in [-0.2, 0) is 9.84 Å². The zero-order valence-electron chi connectivity index (χ0n) is 13.0. The van der Waals surface area contributed by atoms with Gasteiger partial charge >= 0.3 is 0 Å². The molecule has 1 amide bonds. The molecule has 2 aromatic rings. The molecule has 1 aliphatic carbocycles. The van der Waals surface area contributed by atoms with Crippen LogP contribution in [0.15, 0.2) is 53.4 Å². The Morgan fingerprint density at radius 2 is 1.62 bits per heavy atom. The molecule has 0 atom stereocenters. The van der Waals surface area contributed by atoms with E-state index in [0.29, 0.717) is 21.2 Å². The molecule has 1 saturated carbocycles. The van der Waals surface area contributed by atoms with E-state index in [1.54, 1.807) is 48.5 Å². The van der Waals surface area contributed by atoms with E-state index in [1.165, 1.54) is 0 Å². The molecule has 126 valence electrons. The van der Waals surface area contributed by atoms with Crippen molar-refractivity contribution in [1.29, 1.82) is 0 Å². The number of nitrogens with one attached hydrogen (secondary N) is 1. The molecule has 0 unspecified atom stereocenters. The van der Waals surface area contributed by atoms with E-state index >= 15 is 0 Å². The first-order valence-electron chi connectivity index (χ1n) is 7.88. The number of hydrogen-bond donors (Lipinski definition) is 1. The van der Waals surface area contributed by atoms with Crippen molar-refractivity contribution in [3.8, 4) is 0 Å². The van der Waals surface area contributed by atoms with Crippen LogP contribution in [0.1, 0.15) is 36.0 Å². The number of carbonyl (C=O) groups excluding carboxylic acids is 1. The number of rotatable bonds is 4. The second kappa shape index (κ2) is 6.95. The second-order valence-corrected chi connectivity index (χ2v) is 8.55. The van der Waals surface area contributed by atoms with Crippen molar-refractivity contribution in [1.82, 2.24) is 0 Å². The fourth-order valence-electron chi connectivity index (χ4n) is 2.96. The van der Waals surface area contributed by atoms with Crippen LogP contribution in [0.4, 0.5) is 5.69 Å². The number of anilines is 1. The van der Waals surface area contributed by atoms with Crippen LogP contribution >= 0.6 is 11.6 Å². The Morgan fingerprint density at radius 3 is 2.25 bits per heavy atom. The van der Waals surface area contributed by atoms with Crippen molar-refractivity contribution in [2.75, 3.05) is 5.32 Å². The summed E-state index contributed by atoms with van der Waals surface area (Å²) in [6, 6.07) is 13.1. The summed E-state index contributed by atoms with van der Waals surface area (Å²) in [6.45, 7) is 0. The standard InChI is InChI=1S/C18H18ClNO3S/c19-17-8-4-3-7-16(17)18(21)20-13-9-11-15(12-10-13)24(22,23)14-5-1-2-6-14/h3-4,7-12,14H,1-2,5-6H2,(H,20,21). The van der Waals surface area contributed by atoms with Crippen molar-refractivity contribution in [2.45, 2.75) is 35.8 Å². The molecule has 0 bridgehead atoms. The van der Waals surface area contributed by atoms with Gasteiger partial charge in [-0.25, -0.2) is 8.42 Å². The van der Waals surface area contributed by atoms with Crippen LogP contribution in [0.2, 0.25) is 5.02 Å². The maximum Gasteiger partial charge on any atom is 0.257 e. The average Bonchev–Trinajstić information content (AvgIpc) is 3.11. The first-order chi connectivity index (χ1) is 11.5. The predicted octanol–water partition coefficient (Wildman–Crippen LogP) is 4.31. The summed E-state index contributed by atoms with van der Waals surface area (Å²) in [4.78, 5) is 12.5. The van der Waals surface area contributed by atoms with Crippen LogP contribution in [0.25, 0.3) is 0 Å². The van der Waals surface area contributed by atoms with Gasteiger partial charge in [-0.1, -0.05) is 36.6 Å². The van der Waals surface area contributed by atoms with Crippen LogP contribution in [0, 0.1) is 0 Å². The average molecular weight is 364 g/mol. The fraction of sp³-hybridized carbons (Fsp3) is 0.278. The molecular weight excluding hydrogens is 346 g/mol. The van der Waals surface area contributed by atoms with Gasteiger partial charge < -0.3 is 5.32 Å². The third-order valence-corrected chi connectivity index (χ3v) is 6.91. The maximum absolute atomic E-state index is 12.5. The molecule has 6 heteroatoms. The number of carbonyl (C=O) groups is 1. The highest BCUT2D eigenvalue weighted by molar-refractivity contribution is 7.92. The van der Waals surface area contributed by atoms with Crippen molar-refractivity contribution < 1.29 is 13.2 Å². The van der Waals surface area contributed by atoms with Gasteiger partial charge in [-0.05, 0) is 49.2 Å². The number of halogens is 1. The van der Waals surface area contributed by atoms with Gasteiger partial charge in [-0.2, -0.15) is 0 Å². The Kier molecular flexibility index (Phi) is 4.92. The smallest absolute Gasteiger partial charge is 0.257 e. The number of amides is 1. The van der Waals surface area contributed by atoms with E-state index in [-0.39, 0.29) is 11.2 Å². The molecular formula is C18H18ClNO3S. The topological polar surface area (TPSA) is 63.2 Å². The summed E-state index contributed by atoms with van der Waals surface area (Å²) in [5.74, 6) is -0.327. The monoisotopic (exact) mass is 363 g/mol. The Hall–Kier alpha value is -1.85. The van der Waals surface area contributed by atoms with E-state index in [9.17, 15) is 13.2 Å². The first-order valence-corrected chi connectivity index (χ1v) is 9.81. The van der Waals surface area contributed by atoms with Gasteiger partial charge in [0, 0.05) is 5.69 Å². The molecule has 0 saturated heterocycles. The Morgan fingerprint density at radius 1 is 1.00 bits per heavy atom. The van der Waals surface area contributed by atoms with Crippen molar-refractivity contribution in [2.24, 2.45) is 0 Å². The molecule has 1 aliphatic rings. The van der Waals surface area contributed by atoms with E-state index in [0.717, 1.165) is 25.7 Å². The Labute approximate surface area is 146 Å². The number of benzene rings is 2. The maximum atomic E-state index is 12.5. The minimum absolute atomic E-state index is 0.277. The minimum atomic E-state index is -3.28. The van der Waals surface area contributed by atoms with Crippen molar-refractivity contribution >= 4 is 33.0 Å². The molecule has 4 nitrogen and oxygen atoms in total. The fourth-order valence-corrected chi connectivity index (χ4v) is 5.04. The first kappa shape index (κ1) is 17.0. The molecule has 24 heavy (non-hydrogen) atoms. The normalized spacial score (nSPS) is 15.4. The highest BCUT2D eigenvalue weighted by Gasteiger charge is 2.30. The summed E-state index contributed by atoms with van der Waals surface area (Å²) in [6.07, 6.45) is 3.40. The highest BCUT2D eigenvalue weighted by atomic mass is 35.5. The predicted molar refractivity (Wildman–Crippen MR) is 95.3 cm³/mol. The lowest BCUT2D eigenvalue weighted by atomic mass is 10.2. The lowest BCUT2D eigenvalue weighted by Crippen LogP contribution is -2.18. The largest absolute Gasteiger partial charge is 0.322 e. The minimum Gasteiger partial charge on any atom is -0.322 e. The molecule has 0 aromatic heterocycles. The third kappa shape index (κ3) is 3.47. The summed E-state index contributed by atoms with van der Waals surface area (Å²) in [5, 5.41) is 2.82. The lowest BCUT2D eigenvalue weighted by Gasteiger charge is -2.12. The third-order valence-electron chi connectivity index (χ3n) is 4.30. The van der Waals surface area contributed by atoms with Gasteiger partial charge in [0.05, 0.1) is 20.7 Å². The summed E-state index contributed by atoms with van der Waals surface area (Å²) < 4.78 is 25.1. The van der Waals surface area contributed by atoms with Gasteiger partial charge in [0.15, 0.2) is 9.84 Å². The van der Waals surface area contributed by atoms with Crippen molar-refractivity contribution in [3.05, 3.63) is 59.1 Å². The highest BCUT2D eigenvalue weighted by Crippen LogP contribution is 2.30. The molecule has 2 aromatic carbocycles. The quantitative estimate of drug-likeness (QED) is 0.880. The van der Waals surface area contributed by atoms with Crippen molar-refractivity contribution in [3.63, 3.8) is 0 Å². The molecule has 0 radical (unpaired) electrons. The Bertz CT molecular complexity index is 841. The lowest BCUT2D eigenvalue weighted by molar-refractivity contribution is 0.102. The SMILES string of the molecule is O=C(Nc1ccc(S(=O)(=O)C2CCCC2)cc1)c1ccccc1Cl. The van der Waals surface area contributed by atoms with Crippen LogP contribution in [0.5, 0.6) is 0 Å². The number of sulfone groups is 1. The van der Waals surface area contributed by atoms with E-state index in [2.05, 4.69) is 5.32 Å². The van der Waals surface area contributed by atoms with Gasteiger partial charge in [-0.3, -0.25) is 4.79 Å². The molecule has 1 N–H and O–H groups in total. The summed E-state index contributed by atoms with van der Waals surface area (Å²) >= 11 is 6.00. The molecule has 0 aliphatic heterocycles. The molecule has 1 fully saturated rings. The van der Waals surface area contributed by atoms with Gasteiger partial charge in [0.1, 0.15) is 0 Å². The van der Waals surface area contributed by atoms with E-state index in [4.69, 9.17) is 11.6 Å².